The molecule has 0 saturated carbocycles. The first-order chi connectivity index (χ1) is 16.9. The maximum atomic E-state index is 13.1. The summed E-state index contributed by atoms with van der Waals surface area (Å²) in [5.74, 6) is 6.77. The number of amides is 3. The van der Waals surface area contributed by atoms with Gasteiger partial charge < -0.3 is 24.8 Å². The average molecular weight is 511 g/mol. The van der Waals surface area contributed by atoms with Crippen molar-refractivity contribution in [2.75, 3.05) is 46.0 Å². The predicted molar refractivity (Wildman–Crippen MR) is 134 cm³/mol. The van der Waals surface area contributed by atoms with Crippen LogP contribution in [-0.2, 0) is 9.47 Å². The highest BCUT2D eigenvalue weighted by atomic mass is 35.5. The number of carbonyl (C=O) groups is 2. The Balaban J connectivity index is 1.55. The average Bonchev–Trinajstić information content (AvgIpc) is 3.12. The largest absolute Gasteiger partial charge is 0.465 e. The van der Waals surface area contributed by atoms with E-state index in [9.17, 15) is 9.59 Å². The number of benzene rings is 1. The Kier molecular flexibility index (Phi) is 11.4. The number of hydrogen-bond acceptors (Lipinski definition) is 5. The molecule has 2 fully saturated rings. The first-order valence-corrected chi connectivity index (χ1v) is 13.0. The van der Waals surface area contributed by atoms with Crippen LogP contribution >= 0.6 is 11.6 Å². The Labute approximate surface area is 212 Å². The second-order valence-corrected chi connectivity index (χ2v) is 9.92. The van der Waals surface area contributed by atoms with Crippen LogP contribution in [0.4, 0.5) is 9.59 Å². The van der Waals surface area contributed by atoms with Gasteiger partial charge in [-0.3, -0.25) is 5.01 Å². The smallest absolute Gasteiger partial charge is 0.404 e. The lowest BCUT2D eigenvalue weighted by atomic mass is 9.88. The van der Waals surface area contributed by atoms with Crippen LogP contribution in [0.25, 0.3) is 0 Å². The zero-order chi connectivity index (χ0) is 25.0. The minimum atomic E-state index is -1.09. The van der Waals surface area contributed by atoms with Crippen molar-refractivity contribution < 1.29 is 24.2 Å². The van der Waals surface area contributed by atoms with Crippen LogP contribution in [0.2, 0.25) is 5.02 Å². The highest BCUT2D eigenvalue weighted by Gasteiger charge is 2.32. The van der Waals surface area contributed by atoms with E-state index in [2.05, 4.69) is 5.32 Å². The quantitative estimate of drug-likeness (QED) is 0.187. The number of halogens is 1. The van der Waals surface area contributed by atoms with Crippen molar-refractivity contribution in [3.05, 3.63) is 34.9 Å². The van der Waals surface area contributed by atoms with Crippen molar-refractivity contribution in [1.29, 1.82) is 0 Å². The third kappa shape index (κ3) is 9.14. The lowest BCUT2D eigenvalue weighted by molar-refractivity contribution is -0.0105. The van der Waals surface area contributed by atoms with Crippen molar-refractivity contribution >= 4 is 23.7 Å². The van der Waals surface area contributed by atoms with Crippen LogP contribution in [0.5, 0.6) is 0 Å². The van der Waals surface area contributed by atoms with Crippen LogP contribution in [0.1, 0.15) is 56.6 Å². The van der Waals surface area contributed by atoms with Gasteiger partial charge in [0, 0.05) is 50.3 Å². The van der Waals surface area contributed by atoms with Crippen LogP contribution in [0.15, 0.2) is 24.3 Å². The molecule has 0 aliphatic carbocycles. The molecule has 0 bridgehead atoms. The lowest BCUT2D eigenvalue weighted by Gasteiger charge is -2.38. The van der Waals surface area contributed by atoms with Crippen LogP contribution in [0, 0.1) is 11.8 Å². The molecule has 9 nitrogen and oxygen atoms in total. The first kappa shape index (κ1) is 27.5. The molecule has 0 aromatic heterocycles. The molecule has 196 valence electrons. The van der Waals surface area contributed by atoms with Gasteiger partial charge in [0.2, 0.25) is 0 Å². The molecule has 0 radical (unpaired) electrons. The monoisotopic (exact) mass is 510 g/mol. The van der Waals surface area contributed by atoms with Crippen molar-refractivity contribution in [2.45, 2.75) is 51.0 Å². The molecule has 2 aliphatic rings. The third-order valence-electron chi connectivity index (χ3n) is 6.77. The van der Waals surface area contributed by atoms with Gasteiger partial charge in [-0.15, -0.1) is 0 Å². The van der Waals surface area contributed by atoms with E-state index in [0.717, 1.165) is 50.9 Å². The maximum Gasteiger partial charge on any atom is 0.404 e. The Morgan fingerprint density at radius 2 is 2.17 bits per heavy atom. The lowest BCUT2D eigenvalue weighted by Crippen LogP contribution is -2.51. The Hall–Kier alpha value is -2.07. The topological polar surface area (TPSA) is 117 Å². The van der Waals surface area contributed by atoms with Gasteiger partial charge in [0.1, 0.15) is 0 Å². The number of likely N-dealkylation sites (tertiary alicyclic amines) is 1. The van der Waals surface area contributed by atoms with Crippen LogP contribution in [-0.4, -0.2) is 73.1 Å². The summed E-state index contributed by atoms with van der Waals surface area (Å²) in [6, 6.07) is 7.33. The number of hydrogen-bond donors (Lipinski definition) is 3. The summed E-state index contributed by atoms with van der Waals surface area (Å²) in [7, 11) is 0. The molecule has 1 aromatic carbocycles. The number of hydrazine groups is 1. The summed E-state index contributed by atoms with van der Waals surface area (Å²) in [6.45, 7) is 3.76. The Morgan fingerprint density at radius 1 is 1.31 bits per heavy atom. The highest BCUT2D eigenvalue weighted by Crippen LogP contribution is 2.34. The highest BCUT2D eigenvalue weighted by molar-refractivity contribution is 6.30. The molecule has 3 amide bonds. The Bertz CT molecular complexity index is 806. The molecule has 3 unspecified atom stereocenters. The fourth-order valence-electron chi connectivity index (χ4n) is 4.99. The Morgan fingerprint density at radius 3 is 2.97 bits per heavy atom. The standard InChI is InChI=1S/C25H39ClN4O5/c26-22-10-3-8-20(16-22)23(35-15-11-28-24(31)32)21-9-5-12-29(17-21)25(33)30(27)13-4-7-19-6-1-2-14-34-18-19/h3,8,10,16,19,21,23,28H,1-2,4-7,9,11-15,17-18,27H2,(H,31,32). The molecule has 1 aromatic rings. The predicted octanol–water partition coefficient (Wildman–Crippen LogP) is 4.27. The van der Waals surface area contributed by atoms with Gasteiger partial charge >= 0.3 is 12.1 Å². The van der Waals surface area contributed by atoms with Crippen molar-refractivity contribution in [1.82, 2.24) is 15.2 Å². The van der Waals surface area contributed by atoms with Gasteiger partial charge in [-0.25, -0.2) is 15.4 Å². The van der Waals surface area contributed by atoms with Gasteiger partial charge in [-0.1, -0.05) is 30.2 Å². The summed E-state index contributed by atoms with van der Waals surface area (Å²) >= 11 is 6.22. The molecular weight excluding hydrogens is 472 g/mol. The number of carbonyl (C=O) groups excluding carboxylic acids is 1. The van der Waals surface area contributed by atoms with Crippen LogP contribution in [0.3, 0.4) is 0 Å². The van der Waals surface area contributed by atoms with E-state index in [1.807, 2.05) is 18.2 Å². The summed E-state index contributed by atoms with van der Waals surface area (Å²) in [4.78, 5) is 25.7. The number of carboxylic acid groups (broad SMARTS) is 1. The van der Waals surface area contributed by atoms with Gasteiger partial charge in [0.05, 0.1) is 12.7 Å². The van der Waals surface area contributed by atoms with E-state index in [1.165, 1.54) is 17.9 Å². The normalized spacial score (nSPS) is 21.7. The van der Waals surface area contributed by atoms with E-state index in [-0.39, 0.29) is 31.2 Å². The molecule has 2 heterocycles. The number of nitrogens with two attached hydrogens (primary N) is 1. The number of piperidine rings is 1. The van der Waals surface area contributed by atoms with Crippen molar-refractivity contribution in [2.24, 2.45) is 17.7 Å². The number of urea groups is 1. The summed E-state index contributed by atoms with van der Waals surface area (Å²) < 4.78 is 11.8. The third-order valence-corrected chi connectivity index (χ3v) is 7.01. The van der Waals surface area contributed by atoms with Gasteiger partial charge in [-0.2, -0.15) is 0 Å². The minimum Gasteiger partial charge on any atom is -0.465 e. The zero-order valence-electron chi connectivity index (χ0n) is 20.4. The molecular formula is C25H39ClN4O5. The number of nitrogens with one attached hydrogen (secondary N) is 1. The van der Waals surface area contributed by atoms with Crippen LogP contribution < -0.4 is 11.2 Å². The molecule has 10 heteroatoms. The van der Waals surface area contributed by atoms with E-state index in [1.54, 1.807) is 11.0 Å². The molecule has 2 aliphatic heterocycles. The zero-order valence-corrected chi connectivity index (χ0v) is 21.1. The van der Waals surface area contributed by atoms with E-state index in [0.29, 0.717) is 30.6 Å². The van der Waals surface area contributed by atoms with E-state index < -0.39 is 6.09 Å². The SMILES string of the molecule is NN(CCCC1CCCCOC1)C(=O)N1CCCC(C(OCCNC(=O)O)c2cccc(Cl)c2)C1. The second-order valence-electron chi connectivity index (χ2n) is 9.48. The van der Waals surface area contributed by atoms with Gasteiger partial charge in [-0.05, 0) is 62.1 Å². The molecule has 35 heavy (non-hydrogen) atoms. The number of nitrogens with zero attached hydrogens (tertiary/aromatic N) is 2. The van der Waals surface area contributed by atoms with Crippen molar-refractivity contribution in [3.63, 3.8) is 0 Å². The van der Waals surface area contributed by atoms with E-state index >= 15 is 0 Å². The molecule has 0 spiro atoms. The summed E-state index contributed by atoms with van der Waals surface area (Å²) in [6.07, 6.45) is 5.73. The molecule has 3 rings (SSSR count). The summed E-state index contributed by atoms with van der Waals surface area (Å²) in [5.41, 5.74) is 0.919. The number of ether oxygens (including phenoxy) is 2. The summed E-state index contributed by atoms with van der Waals surface area (Å²) in [5, 5.41) is 13.1. The second kappa shape index (κ2) is 14.5. The number of rotatable bonds is 10. The molecule has 4 N–H and O–H groups in total. The fourth-order valence-corrected chi connectivity index (χ4v) is 5.19. The van der Waals surface area contributed by atoms with Gasteiger partial charge in [0.15, 0.2) is 0 Å². The van der Waals surface area contributed by atoms with Crippen molar-refractivity contribution in [3.8, 4) is 0 Å². The molecule has 3 atom stereocenters. The van der Waals surface area contributed by atoms with E-state index in [4.69, 9.17) is 32.0 Å². The maximum absolute atomic E-state index is 13.1. The fraction of sp³-hybridized carbons (Fsp3) is 0.680. The first-order valence-electron chi connectivity index (χ1n) is 12.7. The molecule has 2 saturated heterocycles. The minimum absolute atomic E-state index is 0.0486. The van der Waals surface area contributed by atoms with Gasteiger partial charge in [0.25, 0.3) is 0 Å².